The normalized spacial score (nSPS) is 15.0. The van der Waals surface area contributed by atoms with Crippen LogP contribution >= 0.6 is 0 Å². The van der Waals surface area contributed by atoms with Crippen LogP contribution in [-0.2, 0) is 0 Å². The van der Waals surface area contributed by atoms with E-state index in [0.29, 0.717) is 0 Å². The summed E-state index contributed by atoms with van der Waals surface area (Å²) in [4.78, 5) is 0. The smallest absolute Gasteiger partial charge is 0.0414 e. The standard InChI is InChI=1S/C16H34/c1-5-8-11-15(4)13-14-16(10-7-3)12-9-6-2/h15-16H,5-14H2,1-4H3. The van der Waals surface area contributed by atoms with Crippen LogP contribution in [0.25, 0.3) is 0 Å². The first kappa shape index (κ1) is 16.0. The zero-order valence-corrected chi connectivity index (χ0v) is 12.2. The van der Waals surface area contributed by atoms with Crippen LogP contribution in [-0.4, -0.2) is 0 Å². The fourth-order valence-electron chi connectivity index (χ4n) is 2.55. The van der Waals surface area contributed by atoms with Crippen LogP contribution in [0.4, 0.5) is 0 Å². The van der Waals surface area contributed by atoms with Crippen LogP contribution in [0.2, 0.25) is 0 Å². The summed E-state index contributed by atoms with van der Waals surface area (Å²) in [5, 5.41) is 0. The SMILES string of the molecule is CCCCC(C)CCC(CCC)CCCC. The third-order valence-electron chi connectivity index (χ3n) is 3.78. The van der Waals surface area contributed by atoms with E-state index >= 15 is 0 Å². The Balaban J connectivity index is 3.63. The summed E-state index contributed by atoms with van der Waals surface area (Å²) >= 11 is 0. The molecule has 0 N–H and O–H groups in total. The molecule has 0 nitrogen and oxygen atoms in total. The van der Waals surface area contributed by atoms with Crippen molar-refractivity contribution in [2.24, 2.45) is 11.8 Å². The zero-order valence-electron chi connectivity index (χ0n) is 12.2. The first-order valence-corrected chi connectivity index (χ1v) is 7.74. The van der Waals surface area contributed by atoms with Crippen molar-refractivity contribution in [1.82, 2.24) is 0 Å². The molecule has 0 aliphatic rings. The van der Waals surface area contributed by atoms with Crippen molar-refractivity contribution < 1.29 is 0 Å². The predicted octanol–water partition coefficient (Wildman–Crippen LogP) is 6.20. The van der Waals surface area contributed by atoms with Crippen LogP contribution in [0.15, 0.2) is 0 Å². The highest BCUT2D eigenvalue weighted by Crippen LogP contribution is 2.24. The predicted molar refractivity (Wildman–Crippen MR) is 75.8 cm³/mol. The van der Waals surface area contributed by atoms with E-state index in [1.807, 2.05) is 0 Å². The van der Waals surface area contributed by atoms with Gasteiger partial charge in [-0.1, -0.05) is 91.9 Å². The molecule has 0 rings (SSSR count). The molecule has 0 spiro atoms. The van der Waals surface area contributed by atoms with Crippen LogP contribution in [0, 0.1) is 11.8 Å². The maximum atomic E-state index is 2.44. The summed E-state index contributed by atoms with van der Waals surface area (Å²) < 4.78 is 0. The van der Waals surface area contributed by atoms with Gasteiger partial charge >= 0.3 is 0 Å². The summed E-state index contributed by atoms with van der Waals surface area (Å²) in [6.45, 7) is 9.39. The summed E-state index contributed by atoms with van der Waals surface area (Å²) in [5.74, 6) is 1.98. The fourth-order valence-corrected chi connectivity index (χ4v) is 2.55. The largest absolute Gasteiger partial charge is 0.0654 e. The number of hydrogen-bond acceptors (Lipinski definition) is 0. The van der Waals surface area contributed by atoms with Gasteiger partial charge in [-0.05, 0) is 11.8 Å². The van der Waals surface area contributed by atoms with Crippen LogP contribution in [0.5, 0.6) is 0 Å². The third kappa shape index (κ3) is 9.24. The molecule has 0 fully saturated rings. The third-order valence-corrected chi connectivity index (χ3v) is 3.78. The van der Waals surface area contributed by atoms with Gasteiger partial charge in [0.1, 0.15) is 0 Å². The fraction of sp³-hybridized carbons (Fsp3) is 1.00. The van der Waals surface area contributed by atoms with Crippen molar-refractivity contribution in [3.8, 4) is 0 Å². The van der Waals surface area contributed by atoms with E-state index in [1.54, 1.807) is 0 Å². The van der Waals surface area contributed by atoms with E-state index in [0.717, 1.165) is 11.8 Å². The molecule has 0 heteroatoms. The van der Waals surface area contributed by atoms with E-state index in [2.05, 4.69) is 27.7 Å². The minimum absolute atomic E-state index is 0.959. The molecule has 2 unspecified atom stereocenters. The Labute approximate surface area is 104 Å². The Morgan fingerprint density at radius 1 is 0.625 bits per heavy atom. The summed E-state index contributed by atoms with van der Waals surface area (Å²) in [7, 11) is 0. The van der Waals surface area contributed by atoms with Gasteiger partial charge in [0.05, 0.1) is 0 Å². The van der Waals surface area contributed by atoms with Crippen LogP contribution < -0.4 is 0 Å². The van der Waals surface area contributed by atoms with Crippen molar-refractivity contribution in [3.05, 3.63) is 0 Å². The van der Waals surface area contributed by atoms with Gasteiger partial charge in [-0.3, -0.25) is 0 Å². The lowest BCUT2D eigenvalue weighted by Gasteiger charge is -2.18. The van der Waals surface area contributed by atoms with Crippen molar-refractivity contribution in [3.63, 3.8) is 0 Å². The lowest BCUT2D eigenvalue weighted by molar-refractivity contribution is 0.347. The molecule has 0 aliphatic heterocycles. The minimum Gasteiger partial charge on any atom is -0.0654 e. The molecule has 0 aliphatic carbocycles. The Morgan fingerprint density at radius 3 is 1.81 bits per heavy atom. The maximum Gasteiger partial charge on any atom is -0.0414 e. The molecule has 0 amide bonds. The molecule has 0 aromatic rings. The monoisotopic (exact) mass is 226 g/mol. The van der Waals surface area contributed by atoms with E-state index < -0.39 is 0 Å². The van der Waals surface area contributed by atoms with Gasteiger partial charge in [0.15, 0.2) is 0 Å². The highest BCUT2D eigenvalue weighted by molar-refractivity contribution is 4.62. The zero-order chi connectivity index (χ0) is 12.2. The van der Waals surface area contributed by atoms with E-state index in [-0.39, 0.29) is 0 Å². The Bertz CT molecular complexity index is 128. The van der Waals surface area contributed by atoms with Gasteiger partial charge < -0.3 is 0 Å². The molecule has 2 atom stereocenters. The van der Waals surface area contributed by atoms with E-state index in [9.17, 15) is 0 Å². The van der Waals surface area contributed by atoms with Crippen molar-refractivity contribution in [2.45, 2.75) is 91.9 Å². The van der Waals surface area contributed by atoms with Crippen molar-refractivity contribution in [1.29, 1.82) is 0 Å². The Hall–Kier alpha value is 0. The summed E-state index contributed by atoms with van der Waals surface area (Å²) in [5.41, 5.74) is 0. The van der Waals surface area contributed by atoms with Gasteiger partial charge in [0.25, 0.3) is 0 Å². The summed E-state index contributed by atoms with van der Waals surface area (Å²) in [6, 6.07) is 0. The van der Waals surface area contributed by atoms with Gasteiger partial charge in [-0.2, -0.15) is 0 Å². The topological polar surface area (TPSA) is 0 Å². The quantitative estimate of drug-likeness (QED) is 0.393. The number of rotatable bonds is 11. The lowest BCUT2D eigenvalue weighted by Crippen LogP contribution is -2.04. The van der Waals surface area contributed by atoms with Gasteiger partial charge in [-0.25, -0.2) is 0 Å². The Morgan fingerprint density at radius 2 is 1.25 bits per heavy atom. The van der Waals surface area contributed by atoms with Gasteiger partial charge in [-0.15, -0.1) is 0 Å². The molecule has 98 valence electrons. The number of unbranched alkanes of at least 4 members (excludes halogenated alkanes) is 2. The second kappa shape index (κ2) is 11.5. The van der Waals surface area contributed by atoms with Crippen LogP contribution in [0.3, 0.4) is 0 Å². The molecule has 0 saturated heterocycles. The lowest BCUT2D eigenvalue weighted by atomic mass is 9.88. The van der Waals surface area contributed by atoms with Crippen molar-refractivity contribution in [2.75, 3.05) is 0 Å². The molecule has 0 heterocycles. The first-order valence-electron chi connectivity index (χ1n) is 7.74. The van der Waals surface area contributed by atoms with Crippen molar-refractivity contribution >= 4 is 0 Å². The second-order valence-corrected chi connectivity index (χ2v) is 5.62. The molecular formula is C16H34. The molecule has 0 bridgehead atoms. The van der Waals surface area contributed by atoms with E-state index in [1.165, 1.54) is 64.2 Å². The second-order valence-electron chi connectivity index (χ2n) is 5.62. The highest BCUT2D eigenvalue weighted by Gasteiger charge is 2.09. The Kier molecular flexibility index (Phi) is 11.5. The molecule has 16 heavy (non-hydrogen) atoms. The summed E-state index contributed by atoms with van der Waals surface area (Å²) in [6.07, 6.45) is 14.3. The molecule has 0 aromatic carbocycles. The molecule has 0 saturated carbocycles. The molecule has 0 aromatic heterocycles. The van der Waals surface area contributed by atoms with Gasteiger partial charge in [0.2, 0.25) is 0 Å². The maximum absolute atomic E-state index is 2.44. The number of hydrogen-bond donors (Lipinski definition) is 0. The molecule has 0 radical (unpaired) electrons. The average Bonchev–Trinajstić information content (AvgIpc) is 2.30. The van der Waals surface area contributed by atoms with Crippen LogP contribution in [0.1, 0.15) is 91.9 Å². The minimum atomic E-state index is 0.959. The molecular weight excluding hydrogens is 192 g/mol. The van der Waals surface area contributed by atoms with Gasteiger partial charge in [0, 0.05) is 0 Å². The average molecular weight is 226 g/mol. The first-order chi connectivity index (χ1) is 7.74. The van der Waals surface area contributed by atoms with E-state index in [4.69, 9.17) is 0 Å². The highest BCUT2D eigenvalue weighted by atomic mass is 14.2.